The number of nitrogens with zero attached hydrogens (tertiary/aromatic N) is 3. The molecule has 0 saturated heterocycles. The summed E-state index contributed by atoms with van der Waals surface area (Å²) in [6, 6.07) is 0. The third-order valence-corrected chi connectivity index (χ3v) is 4.18. The Morgan fingerprint density at radius 2 is 2.19 bits per heavy atom. The van der Waals surface area contributed by atoms with Crippen LogP contribution in [0.3, 0.4) is 0 Å². The van der Waals surface area contributed by atoms with Gasteiger partial charge in [-0.3, -0.25) is 0 Å². The first-order chi connectivity index (χ1) is 10.3. The van der Waals surface area contributed by atoms with Crippen LogP contribution >= 0.6 is 0 Å². The highest BCUT2D eigenvalue weighted by atomic mass is 15.2. The number of hydrogen-bond donors (Lipinski definition) is 3. The molecule has 2 heterocycles. The molecule has 1 saturated carbocycles. The molecule has 6 nitrogen and oxygen atoms in total. The number of rotatable bonds is 6. The lowest BCUT2D eigenvalue weighted by Crippen LogP contribution is -2.14. The van der Waals surface area contributed by atoms with Crippen LogP contribution in [0.1, 0.15) is 39.5 Å². The van der Waals surface area contributed by atoms with E-state index in [2.05, 4.69) is 44.4 Å². The molecule has 114 valence electrons. The largest absolute Gasteiger partial charge is 0.368 e. The molecule has 21 heavy (non-hydrogen) atoms. The highest BCUT2D eigenvalue weighted by Crippen LogP contribution is 2.30. The lowest BCUT2D eigenvalue weighted by molar-refractivity contribution is 0.536. The van der Waals surface area contributed by atoms with Gasteiger partial charge in [-0.05, 0) is 31.1 Å². The fourth-order valence-electron chi connectivity index (χ4n) is 3.03. The average Bonchev–Trinajstić information content (AvgIpc) is 3.11. The van der Waals surface area contributed by atoms with Crippen molar-refractivity contribution in [2.24, 2.45) is 11.8 Å². The van der Waals surface area contributed by atoms with Crippen molar-refractivity contribution in [2.45, 2.75) is 39.5 Å². The smallest absolute Gasteiger partial charge is 0.226 e. The van der Waals surface area contributed by atoms with Crippen molar-refractivity contribution in [1.82, 2.24) is 19.9 Å². The van der Waals surface area contributed by atoms with E-state index in [1.807, 2.05) is 0 Å². The van der Waals surface area contributed by atoms with Crippen molar-refractivity contribution in [1.29, 1.82) is 0 Å². The first kappa shape index (κ1) is 14.1. The van der Waals surface area contributed by atoms with Crippen LogP contribution in [0, 0.1) is 11.8 Å². The average molecular weight is 288 g/mol. The summed E-state index contributed by atoms with van der Waals surface area (Å²) in [6.07, 6.45) is 6.69. The quantitative estimate of drug-likeness (QED) is 0.761. The van der Waals surface area contributed by atoms with Gasteiger partial charge in [-0.15, -0.1) is 0 Å². The number of imidazole rings is 1. The fraction of sp³-hybridized carbons (Fsp3) is 0.667. The predicted octanol–water partition coefficient (Wildman–Crippen LogP) is 3.02. The molecule has 2 aromatic rings. The van der Waals surface area contributed by atoms with Crippen molar-refractivity contribution in [3.05, 3.63) is 6.33 Å². The minimum atomic E-state index is 0.652. The Kier molecular flexibility index (Phi) is 4.22. The number of hydrogen-bond acceptors (Lipinski definition) is 5. The Bertz CT molecular complexity index is 593. The van der Waals surface area contributed by atoms with Crippen LogP contribution < -0.4 is 10.6 Å². The van der Waals surface area contributed by atoms with Crippen molar-refractivity contribution in [2.75, 3.05) is 23.7 Å². The molecule has 3 N–H and O–H groups in total. The second-order valence-electron chi connectivity index (χ2n) is 6.09. The zero-order valence-electron chi connectivity index (χ0n) is 12.8. The van der Waals surface area contributed by atoms with Gasteiger partial charge in [0.25, 0.3) is 0 Å². The Morgan fingerprint density at radius 1 is 1.29 bits per heavy atom. The number of aromatic amines is 1. The first-order valence-corrected chi connectivity index (χ1v) is 7.95. The SMILES string of the molecule is CCCNc1nc(NCC2CCC(C)C2)c2[nH]cnc2n1. The van der Waals surface area contributed by atoms with Crippen LogP contribution in [0.2, 0.25) is 0 Å². The van der Waals surface area contributed by atoms with Crippen molar-refractivity contribution < 1.29 is 0 Å². The Labute approximate surface area is 125 Å². The van der Waals surface area contributed by atoms with Crippen LogP contribution in [-0.2, 0) is 0 Å². The van der Waals surface area contributed by atoms with Gasteiger partial charge < -0.3 is 15.6 Å². The van der Waals surface area contributed by atoms with Crippen LogP contribution in [0.4, 0.5) is 11.8 Å². The summed E-state index contributed by atoms with van der Waals surface area (Å²) in [6.45, 7) is 6.31. The summed E-state index contributed by atoms with van der Waals surface area (Å²) in [7, 11) is 0. The number of aromatic nitrogens is 4. The van der Waals surface area contributed by atoms with E-state index < -0.39 is 0 Å². The van der Waals surface area contributed by atoms with E-state index in [-0.39, 0.29) is 0 Å². The second kappa shape index (κ2) is 6.28. The van der Waals surface area contributed by atoms with E-state index in [4.69, 9.17) is 0 Å². The summed E-state index contributed by atoms with van der Waals surface area (Å²) in [5.41, 5.74) is 1.61. The molecule has 2 atom stereocenters. The fourth-order valence-corrected chi connectivity index (χ4v) is 3.03. The summed E-state index contributed by atoms with van der Waals surface area (Å²) >= 11 is 0. The van der Waals surface area contributed by atoms with Gasteiger partial charge >= 0.3 is 0 Å². The molecule has 0 aromatic carbocycles. The predicted molar refractivity (Wildman–Crippen MR) is 85.5 cm³/mol. The zero-order chi connectivity index (χ0) is 14.7. The number of fused-ring (bicyclic) bond motifs is 1. The molecule has 1 fully saturated rings. The van der Waals surface area contributed by atoms with E-state index >= 15 is 0 Å². The summed E-state index contributed by atoms with van der Waals surface area (Å²) in [4.78, 5) is 16.4. The summed E-state index contributed by atoms with van der Waals surface area (Å²) < 4.78 is 0. The molecule has 1 aliphatic rings. The van der Waals surface area contributed by atoms with Crippen molar-refractivity contribution in [3.63, 3.8) is 0 Å². The Morgan fingerprint density at radius 3 is 2.95 bits per heavy atom. The van der Waals surface area contributed by atoms with Gasteiger partial charge in [0, 0.05) is 13.1 Å². The highest BCUT2D eigenvalue weighted by molar-refractivity contribution is 5.83. The summed E-state index contributed by atoms with van der Waals surface area (Å²) in [5, 5.41) is 6.73. The van der Waals surface area contributed by atoms with E-state index in [1.165, 1.54) is 19.3 Å². The lowest BCUT2D eigenvalue weighted by Gasteiger charge is -2.13. The molecule has 0 radical (unpaired) electrons. The van der Waals surface area contributed by atoms with Gasteiger partial charge in [0.2, 0.25) is 5.95 Å². The molecular formula is C15H24N6. The van der Waals surface area contributed by atoms with Gasteiger partial charge in [0.1, 0.15) is 5.52 Å². The van der Waals surface area contributed by atoms with Gasteiger partial charge in [-0.25, -0.2) is 4.98 Å². The molecular weight excluding hydrogens is 264 g/mol. The third-order valence-electron chi connectivity index (χ3n) is 4.18. The second-order valence-corrected chi connectivity index (χ2v) is 6.09. The van der Waals surface area contributed by atoms with Crippen LogP contribution in [-0.4, -0.2) is 33.0 Å². The molecule has 3 rings (SSSR count). The zero-order valence-corrected chi connectivity index (χ0v) is 12.8. The lowest BCUT2D eigenvalue weighted by atomic mass is 10.1. The van der Waals surface area contributed by atoms with Crippen molar-refractivity contribution >= 4 is 22.9 Å². The van der Waals surface area contributed by atoms with Gasteiger partial charge in [-0.1, -0.05) is 20.3 Å². The topological polar surface area (TPSA) is 78.5 Å². The normalized spacial score (nSPS) is 21.8. The van der Waals surface area contributed by atoms with Crippen molar-refractivity contribution in [3.8, 4) is 0 Å². The minimum Gasteiger partial charge on any atom is -0.368 e. The molecule has 6 heteroatoms. The van der Waals surface area contributed by atoms with E-state index in [0.29, 0.717) is 11.6 Å². The van der Waals surface area contributed by atoms with Crippen LogP contribution in [0.25, 0.3) is 11.2 Å². The van der Waals surface area contributed by atoms with E-state index in [1.54, 1.807) is 6.33 Å². The van der Waals surface area contributed by atoms with Crippen LogP contribution in [0.5, 0.6) is 0 Å². The molecule has 0 aliphatic heterocycles. The standard InChI is InChI=1S/C15H24N6/c1-3-6-16-15-20-13(12-14(21-15)19-9-18-12)17-8-11-5-4-10(2)7-11/h9-11H,3-8H2,1-2H3,(H3,16,17,18,19,20,21). The maximum absolute atomic E-state index is 4.59. The van der Waals surface area contributed by atoms with Gasteiger partial charge in [-0.2, -0.15) is 9.97 Å². The molecule has 2 unspecified atom stereocenters. The van der Waals surface area contributed by atoms with E-state index in [9.17, 15) is 0 Å². The highest BCUT2D eigenvalue weighted by Gasteiger charge is 2.21. The number of H-pyrrole nitrogens is 1. The third kappa shape index (κ3) is 3.25. The minimum absolute atomic E-state index is 0.652. The molecule has 0 spiro atoms. The first-order valence-electron chi connectivity index (χ1n) is 7.95. The van der Waals surface area contributed by atoms with Gasteiger partial charge in [0.05, 0.1) is 6.33 Å². The molecule has 1 aliphatic carbocycles. The summed E-state index contributed by atoms with van der Waals surface area (Å²) in [5.74, 6) is 3.12. The maximum atomic E-state index is 4.59. The number of anilines is 2. The van der Waals surface area contributed by atoms with E-state index in [0.717, 1.165) is 42.7 Å². The number of nitrogens with one attached hydrogen (secondary N) is 3. The molecule has 0 bridgehead atoms. The van der Waals surface area contributed by atoms with Crippen LogP contribution in [0.15, 0.2) is 6.33 Å². The Hall–Kier alpha value is -1.85. The molecule has 0 amide bonds. The Balaban J connectivity index is 1.74. The van der Waals surface area contributed by atoms with Gasteiger partial charge in [0.15, 0.2) is 11.5 Å². The molecule has 2 aromatic heterocycles. The monoisotopic (exact) mass is 288 g/mol. The maximum Gasteiger partial charge on any atom is 0.226 e.